The molecule has 2 aromatic rings. The first kappa shape index (κ1) is 25.7. The Morgan fingerprint density at radius 1 is 1.11 bits per heavy atom. The molecule has 0 spiro atoms. The molecular weight excluding hydrogens is 491 g/mol. The zero-order chi connectivity index (χ0) is 25.1. The van der Waals surface area contributed by atoms with Crippen LogP contribution in [0.1, 0.15) is 68.3 Å². The maximum Gasteiger partial charge on any atom is 0.328 e. The Kier molecular flexibility index (Phi) is 8.17. The van der Waals surface area contributed by atoms with Crippen LogP contribution in [0.4, 0.5) is 0 Å². The second-order valence-corrected chi connectivity index (χ2v) is 10.6. The molecule has 1 aromatic carbocycles. The fourth-order valence-electron chi connectivity index (χ4n) is 4.92. The van der Waals surface area contributed by atoms with Crippen molar-refractivity contribution in [3.63, 3.8) is 0 Å². The van der Waals surface area contributed by atoms with Crippen LogP contribution in [-0.4, -0.2) is 41.6 Å². The number of hydrogen-bond donors (Lipinski definition) is 2. The molecule has 1 aromatic heterocycles. The first-order chi connectivity index (χ1) is 16.7. The molecule has 3 atom stereocenters. The minimum Gasteiger partial charge on any atom is -0.467 e. The van der Waals surface area contributed by atoms with Crippen LogP contribution < -0.4 is 5.32 Å². The summed E-state index contributed by atoms with van der Waals surface area (Å²) in [5.41, 5.74) is 1.01. The highest BCUT2D eigenvalue weighted by Crippen LogP contribution is 2.37. The van der Waals surface area contributed by atoms with E-state index in [1.807, 2.05) is 0 Å². The molecule has 0 saturated heterocycles. The number of methoxy groups -OCH3 is 1. The molecule has 7 nitrogen and oxygen atoms in total. The molecule has 2 N–H and O–H groups in total. The molecule has 2 aliphatic rings. The van der Waals surface area contributed by atoms with Crippen molar-refractivity contribution in [2.45, 2.75) is 63.8 Å². The molecule has 0 unspecified atom stereocenters. The summed E-state index contributed by atoms with van der Waals surface area (Å²) in [6.07, 6.45) is 5.84. The fourth-order valence-corrected chi connectivity index (χ4v) is 5.47. The third-order valence-electron chi connectivity index (χ3n) is 7.07. The molecule has 2 aliphatic carbocycles. The number of ketones is 2. The van der Waals surface area contributed by atoms with Crippen LogP contribution in [0.5, 0.6) is 0 Å². The Balaban J connectivity index is 1.48. The summed E-state index contributed by atoms with van der Waals surface area (Å²) >= 11 is 12.3. The van der Waals surface area contributed by atoms with E-state index in [0.717, 1.165) is 25.7 Å². The number of aromatic nitrogens is 1. The number of amides is 1. The van der Waals surface area contributed by atoms with Gasteiger partial charge in [-0.05, 0) is 49.8 Å². The van der Waals surface area contributed by atoms with Crippen LogP contribution in [0.2, 0.25) is 10.0 Å². The Labute approximate surface area is 214 Å². The minimum atomic E-state index is -0.912. The lowest BCUT2D eigenvalue weighted by molar-refractivity contribution is -0.146. The van der Waals surface area contributed by atoms with Gasteiger partial charge in [0.1, 0.15) is 11.8 Å². The number of hydrogen-bond acceptors (Lipinski definition) is 5. The average Bonchev–Trinajstić information content (AvgIpc) is 3.54. The van der Waals surface area contributed by atoms with E-state index in [9.17, 15) is 19.2 Å². The van der Waals surface area contributed by atoms with Gasteiger partial charge in [0.25, 0.3) is 0 Å². The summed E-state index contributed by atoms with van der Waals surface area (Å²) < 4.78 is 4.91. The number of halogens is 2. The van der Waals surface area contributed by atoms with Gasteiger partial charge in [0, 0.05) is 40.6 Å². The average molecular weight is 521 g/mol. The van der Waals surface area contributed by atoms with Crippen LogP contribution in [0, 0.1) is 17.8 Å². The normalized spacial score (nSPS) is 19.9. The van der Waals surface area contributed by atoms with Gasteiger partial charge in [-0.2, -0.15) is 0 Å². The van der Waals surface area contributed by atoms with Crippen LogP contribution in [0.3, 0.4) is 0 Å². The molecule has 35 heavy (non-hydrogen) atoms. The zero-order valence-corrected chi connectivity index (χ0v) is 21.2. The van der Waals surface area contributed by atoms with E-state index in [0.29, 0.717) is 51.8 Å². The second kappa shape index (κ2) is 11.1. The molecule has 9 heteroatoms. The monoisotopic (exact) mass is 520 g/mol. The predicted molar refractivity (Wildman–Crippen MR) is 134 cm³/mol. The smallest absolute Gasteiger partial charge is 0.328 e. The van der Waals surface area contributed by atoms with Gasteiger partial charge >= 0.3 is 5.97 Å². The van der Waals surface area contributed by atoms with Gasteiger partial charge in [-0.25, -0.2) is 4.79 Å². The minimum absolute atomic E-state index is 0.00322. The third kappa shape index (κ3) is 6.44. The van der Waals surface area contributed by atoms with Gasteiger partial charge in [0.2, 0.25) is 5.91 Å². The lowest BCUT2D eigenvalue weighted by Crippen LogP contribution is -2.46. The maximum atomic E-state index is 13.3. The number of ether oxygens (including phenoxy) is 1. The second-order valence-electron chi connectivity index (χ2n) is 9.76. The van der Waals surface area contributed by atoms with E-state index in [1.165, 1.54) is 7.11 Å². The van der Waals surface area contributed by atoms with Crippen LogP contribution in [-0.2, 0) is 19.1 Å². The molecule has 0 radical (unpaired) electrons. The van der Waals surface area contributed by atoms with Crippen molar-refractivity contribution >= 4 is 57.5 Å². The van der Waals surface area contributed by atoms with Crippen LogP contribution >= 0.6 is 23.2 Å². The summed E-state index contributed by atoms with van der Waals surface area (Å²) in [6, 6.07) is 4.07. The van der Waals surface area contributed by atoms with Gasteiger partial charge in [0.05, 0.1) is 17.8 Å². The van der Waals surface area contributed by atoms with Crippen LogP contribution in [0.25, 0.3) is 10.9 Å². The fraction of sp³-hybridized carbons (Fsp3) is 0.538. The molecular formula is C26H30Cl2N2O5. The summed E-state index contributed by atoms with van der Waals surface area (Å²) in [7, 11) is 1.27. The summed E-state index contributed by atoms with van der Waals surface area (Å²) in [5.74, 6) is -1.48. The Bertz CT molecular complexity index is 1140. The van der Waals surface area contributed by atoms with Gasteiger partial charge in [-0.1, -0.05) is 42.5 Å². The molecule has 188 valence electrons. The Morgan fingerprint density at radius 3 is 2.57 bits per heavy atom. The van der Waals surface area contributed by atoms with E-state index in [4.69, 9.17) is 27.9 Å². The molecule has 1 amide bonds. The number of aromatic amines is 1. The zero-order valence-electron chi connectivity index (χ0n) is 19.7. The number of rotatable bonds is 10. The van der Waals surface area contributed by atoms with Crippen molar-refractivity contribution in [2.75, 3.05) is 7.11 Å². The number of fused-ring (bicyclic) bond motifs is 1. The summed E-state index contributed by atoms with van der Waals surface area (Å²) in [4.78, 5) is 54.2. The van der Waals surface area contributed by atoms with E-state index < -0.39 is 17.9 Å². The number of carbonyl (C=O) groups is 4. The summed E-state index contributed by atoms with van der Waals surface area (Å²) in [6.45, 7) is 0. The van der Waals surface area contributed by atoms with Crippen LogP contribution in [0.15, 0.2) is 18.2 Å². The topological polar surface area (TPSA) is 105 Å². The van der Waals surface area contributed by atoms with Crippen molar-refractivity contribution < 1.29 is 23.9 Å². The quantitative estimate of drug-likeness (QED) is 0.327. The first-order valence-electron chi connectivity index (χ1n) is 12.2. The highest BCUT2D eigenvalue weighted by Gasteiger charge is 2.35. The van der Waals surface area contributed by atoms with E-state index in [-0.39, 0.29) is 36.2 Å². The first-order valence-corrected chi connectivity index (χ1v) is 12.9. The van der Waals surface area contributed by atoms with Gasteiger partial charge < -0.3 is 15.0 Å². The Morgan fingerprint density at radius 2 is 1.89 bits per heavy atom. The number of esters is 1. The maximum absolute atomic E-state index is 13.3. The predicted octanol–water partition coefficient (Wildman–Crippen LogP) is 5.27. The SMILES string of the molecule is COC(=O)[C@H](C[C@@H]1CCCCC1=O)NC(=O)[C@@H](CC(=O)c1cc2c(Cl)cc(Cl)cc2[nH]1)CC1CC1. The number of nitrogens with one attached hydrogen (secondary N) is 2. The van der Waals surface area contributed by atoms with E-state index in [2.05, 4.69) is 10.3 Å². The van der Waals surface area contributed by atoms with Crippen molar-refractivity contribution in [3.8, 4) is 0 Å². The standard InChI is InChI=1S/C26H30Cl2N2O5/c1-35-26(34)22(9-15-4-2-3-5-23(15)31)30-25(33)16(8-14-6-7-14)10-24(32)21-13-18-19(28)11-17(27)12-20(18)29-21/h11-16,22,29H,2-10H2,1H3,(H,30,33)/t15-,16+,22-/m0/s1. The van der Waals surface area contributed by atoms with Gasteiger partial charge in [0.15, 0.2) is 5.78 Å². The Hall–Kier alpha value is -2.38. The van der Waals surface area contributed by atoms with Crippen molar-refractivity contribution in [2.24, 2.45) is 17.8 Å². The van der Waals surface area contributed by atoms with Crippen molar-refractivity contribution in [3.05, 3.63) is 33.9 Å². The molecule has 2 fully saturated rings. The summed E-state index contributed by atoms with van der Waals surface area (Å²) in [5, 5.41) is 4.38. The molecule has 1 heterocycles. The highest BCUT2D eigenvalue weighted by molar-refractivity contribution is 6.38. The molecule has 0 bridgehead atoms. The van der Waals surface area contributed by atoms with E-state index >= 15 is 0 Å². The molecule has 2 saturated carbocycles. The largest absolute Gasteiger partial charge is 0.467 e. The van der Waals surface area contributed by atoms with Gasteiger partial charge in [-0.15, -0.1) is 0 Å². The van der Waals surface area contributed by atoms with Gasteiger partial charge in [-0.3, -0.25) is 14.4 Å². The van der Waals surface area contributed by atoms with E-state index in [1.54, 1.807) is 18.2 Å². The lowest BCUT2D eigenvalue weighted by atomic mass is 9.83. The third-order valence-corrected chi connectivity index (χ3v) is 7.60. The number of Topliss-reactive ketones (excluding diaryl/α,β-unsaturated/α-hetero) is 2. The highest BCUT2D eigenvalue weighted by atomic mass is 35.5. The lowest BCUT2D eigenvalue weighted by Gasteiger charge is -2.26. The number of benzene rings is 1. The molecule has 4 rings (SSSR count). The molecule has 0 aliphatic heterocycles. The van der Waals surface area contributed by atoms with Crippen molar-refractivity contribution in [1.82, 2.24) is 10.3 Å². The number of carbonyl (C=O) groups excluding carboxylic acids is 4. The number of H-pyrrole nitrogens is 1. The van der Waals surface area contributed by atoms with Crippen molar-refractivity contribution in [1.29, 1.82) is 0 Å².